The highest BCUT2D eigenvalue weighted by atomic mass is 19.4. The number of anilines is 2. The maximum atomic E-state index is 13.1. The summed E-state index contributed by atoms with van der Waals surface area (Å²) in [6, 6.07) is 6.55. The van der Waals surface area contributed by atoms with Gasteiger partial charge in [-0.15, -0.1) is 15.3 Å². The third-order valence-electron chi connectivity index (χ3n) is 4.91. The molecule has 31 heavy (non-hydrogen) atoms. The average molecular weight is 435 g/mol. The second-order valence-electron chi connectivity index (χ2n) is 6.94. The van der Waals surface area contributed by atoms with Crippen LogP contribution in [0.3, 0.4) is 0 Å². The van der Waals surface area contributed by atoms with E-state index < -0.39 is 18.0 Å². The summed E-state index contributed by atoms with van der Waals surface area (Å²) < 4.78 is 45.1. The van der Waals surface area contributed by atoms with Crippen LogP contribution >= 0.6 is 0 Å². The molecule has 0 spiro atoms. The molecule has 0 unspecified atom stereocenters. The minimum atomic E-state index is -4.64. The first-order valence-corrected chi connectivity index (χ1v) is 9.79. The number of hydrogen-bond donors (Lipinski definition) is 0. The van der Waals surface area contributed by atoms with Gasteiger partial charge in [0.05, 0.1) is 12.2 Å². The van der Waals surface area contributed by atoms with Gasteiger partial charge in [-0.2, -0.15) is 17.7 Å². The van der Waals surface area contributed by atoms with Crippen molar-refractivity contribution in [2.45, 2.75) is 19.5 Å². The monoisotopic (exact) mass is 435 g/mol. The molecular formula is C19H20F3N7O2. The molecular weight excluding hydrogens is 415 g/mol. The Morgan fingerprint density at radius 1 is 1.03 bits per heavy atom. The quantitative estimate of drug-likeness (QED) is 0.578. The standard InChI is InChI=1S/C19H20F3N7O2/c1-2-31-17(30)13-4-5-14(23-12-13)27-8-3-9-28(11-10-27)16-7-6-15-24-25-18(19(20,21)22)29(15)26-16/h4-7,12H,2-3,8-11H2,1H3. The first-order valence-electron chi connectivity index (χ1n) is 9.79. The van der Waals surface area contributed by atoms with Crippen LogP contribution in [0.1, 0.15) is 29.5 Å². The van der Waals surface area contributed by atoms with E-state index in [0.717, 1.165) is 16.8 Å². The van der Waals surface area contributed by atoms with Crippen LogP contribution in [0.25, 0.3) is 5.65 Å². The largest absolute Gasteiger partial charge is 0.462 e. The molecule has 1 fully saturated rings. The predicted molar refractivity (Wildman–Crippen MR) is 105 cm³/mol. The van der Waals surface area contributed by atoms with Gasteiger partial charge in [0, 0.05) is 32.4 Å². The summed E-state index contributed by atoms with van der Waals surface area (Å²) >= 11 is 0. The van der Waals surface area contributed by atoms with Gasteiger partial charge in [-0.1, -0.05) is 0 Å². The number of ether oxygens (including phenoxy) is 1. The molecule has 4 rings (SSSR count). The zero-order valence-electron chi connectivity index (χ0n) is 16.7. The van der Waals surface area contributed by atoms with Gasteiger partial charge in [-0.05, 0) is 37.6 Å². The molecule has 4 heterocycles. The molecule has 0 atom stereocenters. The number of aromatic nitrogens is 5. The summed E-state index contributed by atoms with van der Waals surface area (Å²) in [4.78, 5) is 20.1. The number of carbonyl (C=O) groups excluding carboxylic acids is 1. The molecule has 1 saturated heterocycles. The first kappa shape index (κ1) is 20.8. The fourth-order valence-electron chi connectivity index (χ4n) is 3.41. The lowest BCUT2D eigenvalue weighted by atomic mass is 10.2. The van der Waals surface area contributed by atoms with Gasteiger partial charge >= 0.3 is 12.1 Å². The summed E-state index contributed by atoms with van der Waals surface area (Å²) in [6.07, 6.45) is -2.40. The molecule has 0 aromatic carbocycles. The maximum Gasteiger partial charge on any atom is 0.453 e. The van der Waals surface area contributed by atoms with Crippen LogP contribution in [-0.2, 0) is 10.9 Å². The second kappa shape index (κ2) is 8.36. The first-order chi connectivity index (χ1) is 14.9. The molecule has 3 aromatic rings. The molecule has 164 valence electrons. The molecule has 0 radical (unpaired) electrons. The zero-order chi connectivity index (χ0) is 22.0. The Kier molecular flexibility index (Phi) is 5.61. The lowest BCUT2D eigenvalue weighted by Gasteiger charge is -2.23. The molecule has 1 aliphatic rings. The molecule has 3 aromatic heterocycles. The van der Waals surface area contributed by atoms with E-state index in [-0.39, 0.29) is 5.65 Å². The fraction of sp³-hybridized carbons (Fsp3) is 0.421. The van der Waals surface area contributed by atoms with Crippen molar-refractivity contribution < 1.29 is 22.7 Å². The van der Waals surface area contributed by atoms with Crippen molar-refractivity contribution in [3.05, 3.63) is 41.9 Å². The lowest BCUT2D eigenvalue weighted by molar-refractivity contribution is -0.146. The zero-order valence-corrected chi connectivity index (χ0v) is 16.7. The van der Waals surface area contributed by atoms with E-state index in [0.29, 0.717) is 44.2 Å². The lowest BCUT2D eigenvalue weighted by Crippen LogP contribution is -2.32. The normalized spacial score (nSPS) is 15.2. The second-order valence-corrected chi connectivity index (χ2v) is 6.94. The number of rotatable bonds is 4. The minimum Gasteiger partial charge on any atom is -0.462 e. The molecule has 0 N–H and O–H groups in total. The Morgan fingerprint density at radius 3 is 2.39 bits per heavy atom. The Hall–Kier alpha value is -3.44. The van der Waals surface area contributed by atoms with Gasteiger partial charge in [0.25, 0.3) is 5.82 Å². The number of carbonyl (C=O) groups is 1. The molecule has 0 amide bonds. The number of hydrogen-bond acceptors (Lipinski definition) is 8. The maximum absolute atomic E-state index is 13.1. The van der Waals surface area contributed by atoms with Gasteiger partial charge in [0.1, 0.15) is 11.6 Å². The highest BCUT2D eigenvalue weighted by molar-refractivity contribution is 5.89. The topological polar surface area (TPSA) is 88.8 Å². The average Bonchev–Trinajstić information content (AvgIpc) is 3.03. The summed E-state index contributed by atoms with van der Waals surface area (Å²) in [5, 5.41) is 10.9. The van der Waals surface area contributed by atoms with Crippen molar-refractivity contribution in [3.63, 3.8) is 0 Å². The highest BCUT2D eigenvalue weighted by Gasteiger charge is 2.37. The van der Waals surface area contributed by atoms with Gasteiger partial charge in [0.15, 0.2) is 5.65 Å². The van der Waals surface area contributed by atoms with Crippen LogP contribution < -0.4 is 9.80 Å². The Morgan fingerprint density at radius 2 is 1.74 bits per heavy atom. The van der Waals surface area contributed by atoms with Crippen LogP contribution in [0.4, 0.5) is 24.8 Å². The van der Waals surface area contributed by atoms with Gasteiger partial charge < -0.3 is 14.5 Å². The number of nitrogens with zero attached hydrogens (tertiary/aromatic N) is 7. The van der Waals surface area contributed by atoms with Crippen molar-refractivity contribution in [1.29, 1.82) is 0 Å². The number of pyridine rings is 1. The molecule has 0 saturated carbocycles. The van der Waals surface area contributed by atoms with Crippen LogP contribution in [0.5, 0.6) is 0 Å². The molecule has 0 aliphatic carbocycles. The van der Waals surface area contributed by atoms with Crippen LogP contribution in [0, 0.1) is 0 Å². The Labute approximate surface area is 175 Å². The third kappa shape index (κ3) is 4.37. The Bertz CT molecular complexity index is 1070. The molecule has 0 bridgehead atoms. The van der Waals surface area contributed by atoms with E-state index in [4.69, 9.17) is 4.74 Å². The van der Waals surface area contributed by atoms with Gasteiger partial charge in [-0.25, -0.2) is 9.78 Å². The molecule has 9 nitrogen and oxygen atoms in total. The van der Waals surface area contributed by atoms with Crippen LogP contribution in [0.15, 0.2) is 30.5 Å². The van der Waals surface area contributed by atoms with E-state index in [1.165, 1.54) is 12.3 Å². The van der Waals surface area contributed by atoms with Crippen LogP contribution in [0.2, 0.25) is 0 Å². The van der Waals surface area contributed by atoms with Crippen LogP contribution in [-0.4, -0.2) is 63.6 Å². The van der Waals surface area contributed by atoms with E-state index in [9.17, 15) is 18.0 Å². The van der Waals surface area contributed by atoms with E-state index in [1.807, 2.05) is 4.90 Å². The highest BCUT2D eigenvalue weighted by Crippen LogP contribution is 2.28. The van der Waals surface area contributed by atoms with Crippen molar-refractivity contribution in [2.24, 2.45) is 0 Å². The van der Waals surface area contributed by atoms with E-state index in [2.05, 4.69) is 25.2 Å². The van der Waals surface area contributed by atoms with E-state index in [1.54, 1.807) is 25.1 Å². The fourth-order valence-corrected chi connectivity index (χ4v) is 3.41. The van der Waals surface area contributed by atoms with Crippen molar-refractivity contribution in [1.82, 2.24) is 24.8 Å². The smallest absolute Gasteiger partial charge is 0.453 e. The molecule has 1 aliphatic heterocycles. The van der Waals surface area contributed by atoms with Gasteiger partial charge in [-0.3, -0.25) is 0 Å². The number of halogens is 3. The number of esters is 1. The summed E-state index contributed by atoms with van der Waals surface area (Å²) in [7, 11) is 0. The predicted octanol–water partition coefficient (Wildman–Crippen LogP) is 2.43. The molecule has 12 heteroatoms. The van der Waals surface area contributed by atoms with Crippen molar-refractivity contribution in [2.75, 3.05) is 42.6 Å². The number of fused-ring (bicyclic) bond motifs is 1. The SMILES string of the molecule is CCOC(=O)c1ccc(N2CCCN(c3ccc4nnc(C(F)(F)F)n4n3)CC2)nc1. The third-order valence-corrected chi connectivity index (χ3v) is 4.91. The van der Waals surface area contributed by atoms with E-state index >= 15 is 0 Å². The number of alkyl halides is 3. The summed E-state index contributed by atoms with van der Waals surface area (Å²) in [5.74, 6) is -0.425. The van der Waals surface area contributed by atoms with Crippen molar-refractivity contribution in [3.8, 4) is 0 Å². The Balaban J connectivity index is 1.48. The van der Waals surface area contributed by atoms with Gasteiger partial charge in [0.2, 0.25) is 0 Å². The summed E-state index contributed by atoms with van der Waals surface area (Å²) in [5.41, 5.74) is 0.423. The van der Waals surface area contributed by atoms with Crippen molar-refractivity contribution >= 4 is 23.3 Å². The minimum absolute atomic E-state index is 0.0402. The summed E-state index contributed by atoms with van der Waals surface area (Å²) in [6.45, 7) is 4.51.